The van der Waals surface area contributed by atoms with Gasteiger partial charge in [0.25, 0.3) is 5.91 Å². The van der Waals surface area contributed by atoms with Crippen molar-refractivity contribution < 1.29 is 9.53 Å². The number of benzene rings is 3. The molecule has 2 aliphatic heterocycles. The van der Waals surface area contributed by atoms with E-state index in [4.69, 9.17) is 10.5 Å². The van der Waals surface area contributed by atoms with Gasteiger partial charge in [0.15, 0.2) is 0 Å². The summed E-state index contributed by atoms with van der Waals surface area (Å²) in [5.41, 5.74) is 12.1. The van der Waals surface area contributed by atoms with Gasteiger partial charge in [0.1, 0.15) is 22.9 Å². The fourth-order valence-corrected chi connectivity index (χ4v) is 6.92. The van der Waals surface area contributed by atoms with Gasteiger partial charge in [-0.25, -0.2) is 4.98 Å². The lowest BCUT2D eigenvalue weighted by molar-refractivity contribution is 0.0667. The highest BCUT2D eigenvalue weighted by Crippen LogP contribution is 2.58. The van der Waals surface area contributed by atoms with Crippen LogP contribution >= 0.6 is 0 Å². The number of rotatable bonds is 11. The minimum absolute atomic E-state index is 0.0164. The Morgan fingerprint density at radius 2 is 1.43 bits per heavy atom. The van der Waals surface area contributed by atoms with Crippen molar-refractivity contribution in [2.45, 2.75) is 39.8 Å². The third-order valence-corrected chi connectivity index (χ3v) is 9.14. The molecule has 2 aliphatic rings. The Bertz CT molecular complexity index is 1600. The van der Waals surface area contributed by atoms with Gasteiger partial charge in [-0.2, -0.15) is 0 Å². The predicted molar refractivity (Wildman–Crippen MR) is 178 cm³/mol. The number of nitrogen functional groups attached to an aromatic ring is 1. The minimum atomic E-state index is -0.838. The molecule has 3 heterocycles. The molecule has 0 fully saturated rings. The molecule has 0 unspecified atom stereocenters. The molecular formula is C36H42N6O2. The Hall–Kier alpha value is -4.56. The summed E-state index contributed by atoms with van der Waals surface area (Å²) in [7, 11) is 0. The molecule has 4 aromatic rings. The molecule has 0 saturated carbocycles. The van der Waals surface area contributed by atoms with Crippen LogP contribution in [-0.2, 0) is 12.1 Å². The molecule has 0 bridgehead atoms. The quantitative estimate of drug-likeness (QED) is 0.207. The van der Waals surface area contributed by atoms with Crippen molar-refractivity contribution in [1.82, 2.24) is 15.2 Å². The lowest BCUT2D eigenvalue weighted by atomic mass is 9.74. The number of nitrogens with one attached hydrogen (secondary N) is 1. The molecule has 0 atom stereocenters. The van der Waals surface area contributed by atoms with Gasteiger partial charge in [0, 0.05) is 97.8 Å². The number of pyridine rings is 1. The van der Waals surface area contributed by atoms with E-state index in [1.807, 2.05) is 35.2 Å². The lowest BCUT2D eigenvalue weighted by Gasteiger charge is -2.45. The Balaban J connectivity index is 1.49. The van der Waals surface area contributed by atoms with E-state index in [1.165, 1.54) is 0 Å². The highest BCUT2D eigenvalue weighted by molar-refractivity contribution is 6.02. The molecule has 8 nitrogen and oxygen atoms in total. The zero-order valence-electron chi connectivity index (χ0n) is 26.1. The number of fused-ring (bicyclic) bond motifs is 6. The normalized spacial score (nSPS) is 14.2. The molecule has 6 rings (SSSR count). The van der Waals surface area contributed by atoms with Crippen LogP contribution in [0.3, 0.4) is 0 Å². The molecule has 44 heavy (non-hydrogen) atoms. The Kier molecular flexibility index (Phi) is 8.19. The van der Waals surface area contributed by atoms with Crippen LogP contribution in [0.4, 0.5) is 17.2 Å². The van der Waals surface area contributed by atoms with Crippen LogP contribution in [-0.4, -0.2) is 55.1 Å². The van der Waals surface area contributed by atoms with E-state index in [9.17, 15) is 4.79 Å². The number of hydrogen-bond donors (Lipinski definition) is 2. The fraction of sp³-hybridized carbons (Fsp3) is 0.333. The van der Waals surface area contributed by atoms with Gasteiger partial charge >= 0.3 is 0 Å². The molecular weight excluding hydrogens is 548 g/mol. The monoisotopic (exact) mass is 590 g/mol. The van der Waals surface area contributed by atoms with Crippen molar-refractivity contribution in [3.63, 3.8) is 0 Å². The van der Waals surface area contributed by atoms with Crippen molar-refractivity contribution in [3.8, 4) is 11.5 Å². The van der Waals surface area contributed by atoms with Crippen LogP contribution in [0.5, 0.6) is 11.5 Å². The number of aromatic nitrogens is 1. The number of carbonyl (C=O) groups is 1. The number of hydrogen-bond acceptors (Lipinski definition) is 7. The van der Waals surface area contributed by atoms with Gasteiger partial charge < -0.3 is 30.5 Å². The number of anilines is 3. The largest absolute Gasteiger partial charge is 0.456 e. The Morgan fingerprint density at radius 1 is 0.818 bits per heavy atom. The molecule has 3 N–H and O–H groups in total. The van der Waals surface area contributed by atoms with Gasteiger partial charge in [-0.15, -0.1) is 0 Å². The van der Waals surface area contributed by atoms with Crippen LogP contribution in [0.1, 0.15) is 60.3 Å². The Morgan fingerprint density at radius 3 is 2.02 bits per heavy atom. The highest BCUT2D eigenvalue weighted by atomic mass is 16.5. The summed E-state index contributed by atoms with van der Waals surface area (Å²) < 4.78 is 6.79. The van der Waals surface area contributed by atoms with Crippen molar-refractivity contribution in [2.24, 2.45) is 0 Å². The van der Waals surface area contributed by atoms with E-state index >= 15 is 0 Å². The second-order valence-electron chi connectivity index (χ2n) is 11.2. The van der Waals surface area contributed by atoms with E-state index in [0.717, 1.165) is 76.9 Å². The molecule has 0 radical (unpaired) electrons. The maximum atomic E-state index is 14.4. The lowest BCUT2D eigenvalue weighted by Crippen LogP contribution is -2.49. The first-order valence-corrected chi connectivity index (χ1v) is 15.8. The van der Waals surface area contributed by atoms with Crippen molar-refractivity contribution in [1.29, 1.82) is 0 Å². The highest BCUT2D eigenvalue weighted by Gasteiger charge is 2.56. The fourth-order valence-electron chi connectivity index (χ4n) is 6.92. The van der Waals surface area contributed by atoms with Crippen LogP contribution in [0.15, 0.2) is 79.0 Å². The zero-order valence-corrected chi connectivity index (χ0v) is 26.1. The smallest absolute Gasteiger partial charge is 0.255 e. The molecule has 1 aromatic heterocycles. The van der Waals surface area contributed by atoms with Crippen LogP contribution < -0.4 is 25.6 Å². The topological polar surface area (TPSA) is 87.0 Å². The number of ether oxygens (including phenoxy) is 1. The summed E-state index contributed by atoms with van der Waals surface area (Å²) in [6.45, 7) is 13.9. The van der Waals surface area contributed by atoms with E-state index in [-0.39, 0.29) is 5.91 Å². The van der Waals surface area contributed by atoms with E-state index in [1.54, 1.807) is 6.20 Å². The average molecular weight is 591 g/mol. The van der Waals surface area contributed by atoms with Gasteiger partial charge in [-0.3, -0.25) is 4.79 Å². The molecule has 1 amide bonds. The number of carbonyl (C=O) groups excluding carboxylic acids is 1. The van der Waals surface area contributed by atoms with E-state index in [2.05, 4.69) is 90.3 Å². The van der Waals surface area contributed by atoms with Gasteiger partial charge in [-0.05, 0) is 57.5 Å². The van der Waals surface area contributed by atoms with Gasteiger partial charge in [-0.1, -0.05) is 36.4 Å². The minimum Gasteiger partial charge on any atom is -0.456 e. The first kappa shape index (κ1) is 29.5. The summed E-state index contributed by atoms with van der Waals surface area (Å²) >= 11 is 0. The average Bonchev–Trinajstić information content (AvgIpc) is 3.29. The summed E-state index contributed by atoms with van der Waals surface area (Å²) in [5, 5.41) is 3.51. The number of nitrogens with zero attached hydrogens (tertiary/aromatic N) is 4. The van der Waals surface area contributed by atoms with E-state index < -0.39 is 5.54 Å². The summed E-state index contributed by atoms with van der Waals surface area (Å²) in [6.07, 6.45) is 1.69. The molecule has 228 valence electrons. The van der Waals surface area contributed by atoms with E-state index in [0.29, 0.717) is 25.5 Å². The first-order valence-electron chi connectivity index (χ1n) is 15.8. The molecule has 0 saturated heterocycles. The van der Waals surface area contributed by atoms with Crippen molar-refractivity contribution >= 4 is 23.1 Å². The predicted octanol–water partition coefficient (Wildman–Crippen LogP) is 6.00. The summed E-state index contributed by atoms with van der Waals surface area (Å²) in [6, 6.07) is 24.8. The zero-order chi connectivity index (χ0) is 30.8. The standard InChI is InChI=1S/C36H42N6O2/c1-5-40(6-2)26-15-17-30-32(22-26)44-33-23-27(41(7-3)8-4)16-18-31(33)36(30)29-14-10-9-13-28(29)35(43)42(36)21-20-38-24-25-12-11-19-39-34(25)37/h9-19,22-23,38H,5-8,20-21,24H2,1-4H3,(H2,37,39). The number of amides is 1. The van der Waals surface area contributed by atoms with Crippen molar-refractivity contribution in [3.05, 3.63) is 107 Å². The Labute approximate surface area is 260 Å². The van der Waals surface area contributed by atoms with Gasteiger partial charge in [0.2, 0.25) is 0 Å². The van der Waals surface area contributed by atoms with Crippen molar-refractivity contribution in [2.75, 3.05) is 54.8 Å². The number of nitrogens with two attached hydrogens (primary N) is 1. The third kappa shape index (κ3) is 4.74. The van der Waals surface area contributed by atoms with Crippen LogP contribution in [0.25, 0.3) is 0 Å². The second-order valence-corrected chi connectivity index (χ2v) is 11.2. The maximum absolute atomic E-state index is 14.4. The molecule has 3 aromatic carbocycles. The SMILES string of the molecule is CCN(CC)c1ccc2c(c1)Oc1cc(N(CC)CC)ccc1C21c2ccccc2C(=O)N1CCNCc1cccnc1N. The second kappa shape index (κ2) is 12.2. The summed E-state index contributed by atoms with van der Waals surface area (Å²) in [4.78, 5) is 25.2. The third-order valence-electron chi connectivity index (χ3n) is 9.14. The molecule has 0 aliphatic carbocycles. The molecule has 1 spiro atoms. The van der Waals surface area contributed by atoms with Gasteiger partial charge in [0.05, 0.1) is 0 Å². The summed E-state index contributed by atoms with van der Waals surface area (Å²) in [5.74, 6) is 2.09. The molecule has 8 heteroatoms. The maximum Gasteiger partial charge on any atom is 0.255 e. The van der Waals surface area contributed by atoms with Crippen LogP contribution in [0.2, 0.25) is 0 Å². The first-order chi connectivity index (χ1) is 21.5. The van der Waals surface area contributed by atoms with Crippen LogP contribution in [0, 0.1) is 0 Å².